The quantitative estimate of drug-likeness (QED) is 0.418. The van der Waals surface area contributed by atoms with Gasteiger partial charge < -0.3 is 10.2 Å². The molecule has 0 saturated heterocycles. The maximum atomic E-state index is 8.56. The molecule has 0 aliphatic carbocycles. The number of carbonyl (C=O) groups is 1. The Bertz CT molecular complexity index is 33.2. The Morgan fingerprint density at radius 2 is 1.00 bits per heavy atom. The van der Waals surface area contributed by atoms with Gasteiger partial charge in [0.15, 0.2) is 0 Å². The maximum absolute atomic E-state index is 8.56. The zero-order valence-corrected chi connectivity index (χ0v) is 10.8. The molecular weight excluding hydrogens is 129 g/mol. The second-order valence-corrected chi connectivity index (χ2v) is 0.283. The van der Waals surface area contributed by atoms with Crippen LogP contribution in [-0.2, 0) is 0 Å². The summed E-state index contributed by atoms with van der Waals surface area (Å²) in [6.45, 7) is 0. The van der Waals surface area contributed by atoms with Crippen molar-refractivity contribution in [3.8, 4) is 0 Å². The van der Waals surface area contributed by atoms with Gasteiger partial charge in [0, 0.05) is 88.7 Å². The predicted octanol–water partition coefficient (Wildman–Crippen LogP) is -0.920. The molecule has 3 nitrogen and oxygen atoms in total. The summed E-state index contributed by atoms with van der Waals surface area (Å²) in [5, 5.41) is 13.9. The van der Waals surface area contributed by atoms with E-state index in [9.17, 15) is 0 Å². The molecular formula is CH2Na3O3. The van der Waals surface area contributed by atoms with Crippen LogP contribution in [0.1, 0.15) is 0 Å². The van der Waals surface area contributed by atoms with E-state index in [0.29, 0.717) is 0 Å². The first-order valence-corrected chi connectivity index (χ1v) is 0.651. The van der Waals surface area contributed by atoms with E-state index in [1.807, 2.05) is 0 Å². The van der Waals surface area contributed by atoms with Crippen molar-refractivity contribution in [1.29, 1.82) is 0 Å². The van der Waals surface area contributed by atoms with Gasteiger partial charge >= 0.3 is 6.16 Å². The van der Waals surface area contributed by atoms with Crippen molar-refractivity contribution in [1.82, 2.24) is 0 Å². The van der Waals surface area contributed by atoms with E-state index >= 15 is 0 Å². The van der Waals surface area contributed by atoms with Gasteiger partial charge in [-0.05, 0) is 0 Å². The van der Waals surface area contributed by atoms with Crippen molar-refractivity contribution in [2.24, 2.45) is 0 Å². The Morgan fingerprint density at radius 1 is 1.00 bits per heavy atom. The molecule has 0 saturated carbocycles. The molecule has 6 heteroatoms. The summed E-state index contributed by atoms with van der Waals surface area (Å²) >= 11 is 0. The van der Waals surface area contributed by atoms with Gasteiger partial charge in [0.1, 0.15) is 0 Å². The minimum absolute atomic E-state index is 0. The summed E-state index contributed by atoms with van der Waals surface area (Å²) in [5.74, 6) is 0. The average Bonchev–Trinajstić information content (AvgIpc) is 0.811. The van der Waals surface area contributed by atoms with Crippen molar-refractivity contribution >= 4 is 94.8 Å². The number of hydrogen-bond donors (Lipinski definition) is 2. The van der Waals surface area contributed by atoms with Crippen LogP contribution in [0.25, 0.3) is 0 Å². The molecule has 3 radical (unpaired) electrons. The fraction of sp³-hybridized carbons (Fsp3) is 0. The van der Waals surface area contributed by atoms with Gasteiger partial charge in [-0.25, -0.2) is 4.79 Å². The second kappa shape index (κ2) is 15.7. The molecule has 7 heavy (non-hydrogen) atoms. The van der Waals surface area contributed by atoms with Crippen LogP contribution < -0.4 is 0 Å². The second-order valence-electron chi connectivity index (χ2n) is 0.283. The molecule has 0 heterocycles. The molecule has 0 spiro atoms. The summed E-state index contributed by atoms with van der Waals surface area (Å²) < 4.78 is 0. The molecule has 27 valence electrons. The van der Waals surface area contributed by atoms with Crippen LogP contribution in [0.2, 0.25) is 0 Å². The zero-order chi connectivity index (χ0) is 3.58. The third-order valence-electron chi connectivity index (χ3n) is 0. The van der Waals surface area contributed by atoms with Gasteiger partial charge in [0.2, 0.25) is 0 Å². The van der Waals surface area contributed by atoms with E-state index in [1.165, 1.54) is 0 Å². The van der Waals surface area contributed by atoms with Crippen LogP contribution in [0, 0.1) is 0 Å². The largest absolute Gasteiger partial charge is 0.503 e. The molecule has 0 aromatic rings. The standard InChI is InChI=1S/CH2O3.3Na/c2-1(3)4;;;/h(H2,2,3,4);;;. The minimum atomic E-state index is -1.83. The topological polar surface area (TPSA) is 57.5 Å². The summed E-state index contributed by atoms with van der Waals surface area (Å²) in [4.78, 5) is 8.56. The SMILES string of the molecule is O=C(O)O.[Na].[Na].[Na]. The van der Waals surface area contributed by atoms with Crippen molar-refractivity contribution in [3.63, 3.8) is 0 Å². The van der Waals surface area contributed by atoms with Gasteiger partial charge in [-0.2, -0.15) is 0 Å². The Balaban J connectivity index is -0.0000000150. The van der Waals surface area contributed by atoms with E-state index in [0.717, 1.165) is 0 Å². The first-order chi connectivity index (χ1) is 1.73. The number of carboxylic acid groups (broad SMARTS) is 2. The molecule has 0 bridgehead atoms. The summed E-state index contributed by atoms with van der Waals surface area (Å²) in [6.07, 6.45) is -1.83. The van der Waals surface area contributed by atoms with Crippen LogP contribution in [0.3, 0.4) is 0 Å². The maximum Gasteiger partial charge on any atom is 0.503 e. The van der Waals surface area contributed by atoms with Crippen molar-refractivity contribution in [2.75, 3.05) is 0 Å². The van der Waals surface area contributed by atoms with E-state index in [4.69, 9.17) is 15.0 Å². The Kier molecular flexibility index (Phi) is 51.3. The molecule has 0 atom stereocenters. The van der Waals surface area contributed by atoms with Crippen LogP contribution in [0.5, 0.6) is 0 Å². The van der Waals surface area contributed by atoms with Gasteiger partial charge in [0.25, 0.3) is 0 Å². The molecule has 0 aromatic heterocycles. The normalized spacial score (nSPS) is 3.43. The van der Waals surface area contributed by atoms with Gasteiger partial charge in [-0.3, -0.25) is 0 Å². The van der Waals surface area contributed by atoms with Crippen molar-refractivity contribution < 1.29 is 15.0 Å². The van der Waals surface area contributed by atoms with Gasteiger partial charge in [-0.15, -0.1) is 0 Å². The smallest absolute Gasteiger partial charge is 0.450 e. The molecule has 0 amide bonds. The van der Waals surface area contributed by atoms with Gasteiger partial charge in [0.05, 0.1) is 0 Å². The van der Waals surface area contributed by atoms with Gasteiger partial charge in [-0.1, -0.05) is 0 Å². The Hall–Kier alpha value is 2.27. The number of rotatable bonds is 0. The third kappa shape index (κ3) is 63.1. The van der Waals surface area contributed by atoms with Crippen LogP contribution in [0.4, 0.5) is 4.79 Å². The van der Waals surface area contributed by atoms with E-state index in [2.05, 4.69) is 0 Å². The van der Waals surface area contributed by atoms with Crippen molar-refractivity contribution in [2.45, 2.75) is 0 Å². The monoisotopic (exact) mass is 131 g/mol. The van der Waals surface area contributed by atoms with E-state index < -0.39 is 6.16 Å². The minimum Gasteiger partial charge on any atom is -0.450 e. The first kappa shape index (κ1) is 22.8. The zero-order valence-electron chi connectivity index (χ0n) is 4.80. The molecule has 0 unspecified atom stereocenters. The molecule has 0 fully saturated rings. The third-order valence-corrected chi connectivity index (χ3v) is 0. The average molecular weight is 131 g/mol. The molecule has 0 aliphatic rings. The fourth-order valence-corrected chi connectivity index (χ4v) is 0. The Labute approximate surface area is 108 Å². The summed E-state index contributed by atoms with van der Waals surface area (Å²) in [6, 6.07) is 0. The Morgan fingerprint density at radius 3 is 1.00 bits per heavy atom. The summed E-state index contributed by atoms with van der Waals surface area (Å²) in [7, 11) is 0. The van der Waals surface area contributed by atoms with Crippen molar-refractivity contribution in [3.05, 3.63) is 0 Å². The summed E-state index contributed by atoms with van der Waals surface area (Å²) in [5.41, 5.74) is 0. The molecule has 2 N–H and O–H groups in total. The van der Waals surface area contributed by atoms with E-state index in [1.54, 1.807) is 0 Å². The molecule has 0 rings (SSSR count). The van der Waals surface area contributed by atoms with E-state index in [-0.39, 0.29) is 88.7 Å². The molecule has 0 aromatic carbocycles. The molecule has 0 aliphatic heterocycles. The van der Waals surface area contributed by atoms with Crippen LogP contribution in [0.15, 0.2) is 0 Å². The van der Waals surface area contributed by atoms with Crippen LogP contribution >= 0.6 is 0 Å². The first-order valence-electron chi connectivity index (χ1n) is 0.651. The number of hydrogen-bond acceptors (Lipinski definition) is 1. The van der Waals surface area contributed by atoms with Crippen LogP contribution in [-0.4, -0.2) is 105 Å². The fourth-order valence-electron chi connectivity index (χ4n) is 0. The predicted molar refractivity (Wildman–Crippen MR) is 27.9 cm³/mol.